The van der Waals surface area contributed by atoms with E-state index in [1.165, 1.54) is 0 Å². The van der Waals surface area contributed by atoms with Gasteiger partial charge in [0, 0.05) is 32.2 Å². The summed E-state index contributed by atoms with van der Waals surface area (Å²) >= 11 is 0. The summed E-state index contributed by atoms with van der Waals surface area (Å²) in [6.45, 7) is 2.20. The maximum atomic E-state index is 13.0. The molecule has 3 aliphatic rings. The van der Waals surface area contributed by atoms with Crippen molar-refractivity contribution in [1.29, 1.82) is 0 Å². The molecule has 1 aromatic rings. The molecule has 1 N–H and O–H groups in total. The van der Waals surface area contributed by atoms with Crippen LogP contribution in [0.3, 0.4) is 0 Å². The minimum Gasteiger partial charge on any atom is -0.483 e. The smallest absolute Gasteiger partial charge is 0.281 e. The van der Waals surface area contributed by atoms with Crippen LogP contribution in [-0.4, -0.2) is 61.8 Å². The fourth-order valence-electron chi connectivity index (χ4n) is 4.74. The van der Waals surface area contributed by atoms with Crippen molar-refractivity contribution >= 4 is 16.1 Å². The molecule has 0 bridgehead atoms. The van der Waals surface area contributed by atoms with E-state index >= 15 is 0 Å². The third-order valence-electron chi connectivity index (χ3n) is 6.36. The minimum absolute atomic E-state index is 0.00394. The lowest BCUT2D eigenvalue weighted by Crippen LogP contribution is -2.55. The maximum Gasteiger partial charge on any atom is 0.281 e. The van der Waals surface area contributed by atoms with Crippen LogP contribution in [0.5, 0.6) is 5.75 Å². The second-order valence-electron chi connectivity index (χ2n) is 8.34. The third kappa shape index (κ3) is 4.75. The number of hydrogen-bond donors (Lipinski definition) is 1. The lowest BCUT2D eigenvalue weighted by atomic mass is 9.88. The van der Waals surface area contributed by atoms with Gasteiger partial charge in [-0.1, -0.05) is 24.6 Å². The number of amides is 1. The molecular formula is C21H31N3O4S. The molecule has 0 spiro atoms. The standard InChI is InChI=1S/C21H31N3O4S/c25-21-16-28-20-10-4-3-8-17(20)7-1-2-9-18-15-24(14-11-19(18)22-21)29(26,27)23-12-5-6-13-23/h3-4,8,10,18-19H,1-2,5-7,9,11-16H2,(H,22,25)/t18-,19-/m1/s1. The summed E-state index contributed by atoms with van der Waals surface area (Å²) in [6, 6.07) is 7.89. The van der Waals surface area contributed by atoms with Crippen LogP contribution < -0.4 is 10.1 Å². The van der Waals surface area contributed by atoms with Crippen molar-refractivity contribution in [2.45, 2.75) is 51.0 Å². The van der Waals surface area contributed by atoms with Gasteiger partial charge in [0.15, 0.2) is 6.61 Å². The van der Waals surface area contributed by atoms with E-state index in [1.54, 1.807) is 8.61 Å². The first kappa shape index (κ1) is 20.6. The third-order valence-corrected chi connectivity index (χ3v) is 8.37. The molecule has 2 atom stereocenters. The first-order valence-corrected chi connectivity index (χ1v) is 12.2. The van der Waals surface area contributed by atoms with Crippen molar-refractivity contribution in [2.24, 2.45) is 5.92 Å². The van der Waals surface area contributed by atoms with Gasteiger partial charge < -0.3 is 10.1 Å². The molecule has 8 heteroatoms. The quantitative estimate of drug-likeness (QED) is 0.792. The zero-order valence-electron chi connectivity index (χ0n) is 16.9. The Morgan fingerprint density at radius 1 is 0.966 bits per heavy atom. The predicted molar refractivity (Wildman–Crippen MR) is 111 cm³/mol. The number of hydrogen-bond acceptors (Lipinski definition) is 4. The van der Waals surface area contributed by atoms with Crippen molar-refractivity contribution in [3.05, 3.63) is 29.8 Å². The number of piperidine rings is 1. The average Bonchev–Trinajstić information content (AvgIpc) is 3.26. The summed E-state index contributed by atoms with van der Waals surface area (Å²) in [5.41, 5.74) is 1.12. The Balaban J connectivity index is 1.46. The molecule has 1 aromatic carbocycles. The zero-order chi connectivity index (χ0) is 20.3. The highest BCUT2D eigenvalue weighted by Crippen LogP contribution is 2.28. The number of fused-ring (bicyclic) bond motifs is 2. The van der Waals surface area contributed by atoms with E-state index in [0.29, 0.717) is 32.6 Å². The fraction of sp³-hybridized carbons (Fsp3) is 0.667. The highest BCUT2D eigenvalue weighted by Gasteiger charge is 2.38. The zero-order valence-corrected chi connectivity index (χ0v) is 17.7. The molecule has 1 amide bonds. The summed E-state index contributed by atoms with van der Waals surface area (Å²) in [7, 11) is -3.39. The average molecular weight is 422 g/mol. The summed E-state index contributed by atoms with van der Waals surface area (Å²) < 4.78 is 35.0. The van der Waals surface area contributed by atoms with Crippen molar-refractivity contribution in [3.63, 3.8) is 0 Å². The molecule has 3 aliphatic heterocycles. The van der Waals surface area contributed by atoms with E-state index in [-0.39, 0.29) is 24.5 Å². The first-order chi connectivity index (χ1) is 14.0. The number of para-hydroxylation sites is 1. The molecule has 4 rings (SSSR count). The van der Waals surface area contributed by atoms with Crippen LogP contribution in [0.1, 0.15) is 44.1 Å². The van der Waals surface area contributed by atoms with E-state index in [2.05, 4.69) is 5.32 Å². The number of nitrogens with one attached hydrogen (secondary N) is 1. The Kier molecular flexibility index (Phi) is 6.41. The molecule has 29 heavy (non-hydrogen) atoms. The van der Waals surface area contributed by atoms with Gasteiger partial charge in [0.2, 0.25) is 0 Å². The topological polar surface area (TPSA) is 79.0 Å². The van der Waals surface area contributed by atoms with E-state index < -0.39 is 10.2 Å². The van der Waals surface area contributed by atoms with Crippen LogP contribution in [0.25, 0.3) is 0 Å². The number of rotatable bonds is 2. The largest absolute Gasteiger partial charge is 0.483 e. The fourth-order valence-corrected chi connectivity index (χ4v) is 6.50. The molecule has 0 saturated carbocycles. The molecule has 0 radical (unpaired) electrons. The monoisotopic (exact) mass is 421 g/mol. The summed E-state index contributed by atoms with van der Waals surface area (Å²) in [6.07, 6.45) is 6.39. The number of aryl methyl sites for hydroxylation is 1. The summed E-state index contributed by atoms with van der Waals surface area (Å²) in [5, 5.41) is 3.11. The van der Waals surface area contributed by atoms with Crippen LogP contribution in [0, 0.1) is 5.92 Å². The van der Waals surface area contributed by atoms with Crippen molar-refractivity contribution in [3.8, 4) is 5.75 Å². The molecule has 0 unspecified atom stereocenters. The molecule has 7 nitrogen and oxygen atoms in total. The van der Waals surface area contributed by atoms with Gasteiger partial charge in [-0.05, 0) is 56.1 Å². The molecule has 3 heterocycles. The summed E-state index contributed by atoms with van der Waals surface area (Å²) in [5.74, 6) is 0.789. The van der Waals surface area contributed by atoms with Crippen molar-refractivity contribution < 1.29 is 17.9 Å². The molecule has 0 aliphatic carbocycles. The van der Waals surface area contributed by atoms with Crippen molar-refractivity contribution in [1.82, 2.24) is 13.9 Å². The second kappa shape index (κ2) is 9.02. The molecule has 2 fully saturated rings. The lowest BCUT2D eigenvalue weighted by molar-refractivity contribution is -0.124. The van der Waals surface area contributed by atoms with Crippen LogP contribution in [0.4, 0.5) is 0 Å². The van der Waals surface area contributed by atoms with E-state index in [0.717, 1.165) is 49.8 Å². The Morgan fingerprint density at radius 3 is 2.59 bits per heavy atom. The maximum absolute atomic E-state index is 13.0. The molecule has 160 valence electrons. The van der Waals surface area contributed by atoms with Gasteiger partial charge in [-0.3, -0.25) is 4.79 Å². The summed E-state index contributed by atoms with van der Waals surface area (Å²) in [4.78, 5) is 12.5. The number of carbonyl (C=O) groups is 1. The van der Waals surface area contributed by atoms with Crippen LogP contribution in [0.15, 0.2) is 24.3 Å². The van der Waals surface area contributed by atoms with Gasteiger partial charge >= 0.3 is 0 Å². The van der Waals surface area contributed by atoms with E-state index in [1.807, 2.05) is 24.3 Å². The highest BCUT2D eigenvalue weighted by molar-refractivity contribution is 7.86. The molecule has 0 aromatic heterocycles. The number of ether oxygens (including phenoxy) is 1. The van der Waals surface area contributed by atoms with Gasteiger partial charge in [-0.2, -0.15) is 17.0 Å². The van der Waals surface area contributed by atoms with Gasteiger partial charge in [0.25, 0.3) is 16.1 Å². The van der Waals surface area contributed by atoms with Crippen molar-refractivity contribution in [2.75, 3.05) is 32.8 Å². The van der Waals surface area contributed by atoms with Crippen LogP contribution >= 0.6 is 0 Å². The second-order valence-corrected chi connectivity index (χ2v) is 10.3. The van der Waals surface area contributed by atoms with Gasteiger partial charge in [-0.15, -0.1) is 0 Å². The minimum atomic E-state index is -3.39. The van der Waals surface area contributed by atoms with Gasteiger partial charge in [-0.25, -0.2) is 0 Å². The lowest BCUT2D eigenvalue weighted by Gasteiger charge is -2.39. The van der Waals surface area contributed by atoms with Gasteiger partial charge in [0.05, 0.1) is 0 Å². The highest BCUT2D eigenvalue weighted by atomic mass is 32.2. The van der Waals surface area contributed by atoms with E-state index in [4.69, 9.17) is 4.74 Å². The normalized spacial score (nSPS) is 27.7. The number of benzene rings is 1. The van der Waals surface area contributed by atoms with Gasteiger partial charge in [0.1, 0.15) is 5.75 Å². The Morgan fingerprint density at radius 2 is 1.76 bits per heavy atom. The van der Waals surface area contributed by atoms with Crippen LogP contribution in [0.2, 0.25) is 0 Å². The molecular weight excluding hydrogens is 390 g/mol. The number of carbonyl (C=O) groups excluding carboxylic acids is 1. The first-order valence-electron chi connectivity index (χ1n) is 10.8. The van der Waals surface area contributed by atoms with E-state index in [9.17, 15) is 13.2 Å². The Labute approximate surface area is 173 Å². The van der Waals surface area contributed by atoms with Crippen LogP contribution in [-0.2, 0) is 21.4 Å². The SMILES string of the molecule is O=C1COc2ccccc2CCCC[C@@H]2CN(S(=O)(=O)N3CCCC3)CC[C@H]2N1. The molecule has 2 saturated heterocycles. The Bertz CT molecular complexity index is 823. The predicted octanol–water partition coefficient (Wildman–Crippen LogP) is 1.94. The number of nitrogens with zero attached hydrogens (tertiary/aromatic N) is 2. The Hall–Kier alpha value is -1.64.